The van der Waals surface area contributed by atoms with Crippen LogP contribution in [0.1, 0.15) is 11.4 Å². The van der Waals surface area contributed by atoms with E-state index in [1.165, 1.54) is 19.2 Å². The molecule has 0 aliphatic carbocycles. The van der Waals surface area contributed by atoms with Crippen molar-refractivity contribution < 1.29 is 22.7 Å². The van der Waals surface area contributed by atoms with E-state index in [4.69, 9.17) is 11.6 Å². The fourth-order valence-electron chi connectivity index (χ4n) is 2.84. The van der Waals surface area contributed by atoms with Gasteiger partial charge in [0.25, 0.3) is 11.5 Å². The molecule has 0 radical (unpaired) electrons. The molecule has 1 unspecified atom stereocenters. The number of carbonyl (C=O) groups is 1. The maximum Gasteiger partial charge on any atom is 0.431 e. The molecule has 1 amide bonds. The van der Waals surface area contributed by atoms with Crippen LogP contribution in [-0.2, 0) is 15.1 Å². The Balaban J connectivity index is 2.42. The molecule has 1 aromatic carbocycles. The lowest BCUT2D eigenvalue weighted by molar-refractivity contribution is -0.262. The Morgan fingerprint density at radius 2 is 1.96 bits per heavy atom. The fraction of sp³-hybridized carbons (Fsp3) is 0.357. The number of carbonyl (C=O) groups excluding carboxylic acids is 1. The molecule has 1 aromatic heterocycles. The van der Waals surface area contributed by atoms with Crippen LogP contribution in [0, 0.1) is 6.92 Å². The van der Waals surface area contributed by atoms with Crippen molar-refractivity contribution in [1.29, 1.82) is 0 Å². The topological polar surface area (TPSA) is 55.3 Å². The highest BCUT2D eigenvalue weighted by Crippen LogP contribution is 2.52. The van der Waals surface area contributed by atoms with Crippen molar-refractivity contribution in [3.63, 3.8) is 0 Å². The second-order valence-corrected chi connectivity index (χ2v) is 5.55. The average molecular weight is 346 g/mol. The van der Waals surface area contributed by atoms with Gasteiger partial charge in [-0.3, -0.25) is 4.79 Å². The Kier molecular flexibility index (Phi) is 3.32. The van der Waals surface area contributed by atoms with Crippen molar-refractivity contribution in [3.8, 4) is 0 Å². The largest absolute Gasteiger partial charge is 0.431 e. The van der Waals surface area contributed by atoms with Crippen LogP contribution in [0.3, 0.4) is 0 Å². The monoisotopic (exact) mass is 345 g/mol. The highest BCUT2D eigenvalue weighted by atomic mass is 35.5. The van der Waals surface area contributed by atoms with E-state index in [2.05, 4.69) is 14.7 Å². The molecule has 0 saturated heterocycles. The van der Waals surface area contributed by atoms with Crippen LogP contribution in [0.25, 0.3) is 10.9 Å². The molecule has 9 heteroatoms. The van der Waals surface area contributed by atoms with Gasteiger partial charge < -0.3 is 9.64 Å². The number of fused-ring (bicyclic) bond motifs is 2. The summed E-state index contributed by atoms with van der Waals surface area (Å²) in [6, 6.07) is 2.56. The van der Waals surface area contributed by atoms with Gasteiger partial charge in [0.05, 0.1) is 11.2 Å². The second kappa shape index (κ2) is 4.78. The molecule has 5 nitrogen and oxygen atoms in total. The molecule has 122 valence electrons. The van der Waals surface area contributed by atoms with Crippen molar-refractivity contribution in [2.24, 2.45) is 0 Å². The minimum atomic E-state index is -4.92. The van der Waals surface area contributed by atoms with Crippen molar-refractivity contribution >= 4 is 34.1 Å². The van der Waals surface area contributed by atoms with Crippen molar-refractivity contribution in [2.75, 3.05) is 19.1 Å². The molecule has 2 heterocycles. The van der Waals surface area contributed by atoms with Crippen LogP contribution in [0.15, 0.2) is 12.1 Å². The summed E-state index contributed by atoms with van der Waals surface area (Å²) in [7, 11) is 2.11. The summed E-state index contributed by atoms with van der Waals surface area (Å²) in [6.45, 7) is 1.57. The third-order valence-electron chi connectivity index (χ3n) is 3.93. The normalized spacial score (nSPS) is 21.2. The highest BCUT2D eigenvalue weighted by molar-refractivity contribution is 6.34. The van der Waals surface area contributed by atoms with Gasteiger partial charge in [-0.05, 0) is 19.1 Å². The van der Waals surface area contributed by atoms with Gasteiger partial charge in [-0.1, -0.05) is 11.6 Å². The van der Waals surface area contributed by atoms with Gasteiger partial charge >= 0.3 is 6.18 Å². The lowest BCUT2D eigenvalue weighted by atomic mass is 9.93. The number of methoxy groups -OCH3 is 1. The Morgan fingerprint density at radius 3 is 2.52 bits per heavy atom. The summed E-state index contributed by atoms with van der Waals surface area (Å²) in [6.07, 6.45) is -4.92. The molecule has 23 heavy (non-hydrogen) atoms. The van der Waals surface area contributed by atoms with Crippen LogP contribution in [-0.4, -0.2) is 36.2 Å². The first-order chi connectivity index (χ1) is 10.6. The summed E-state index contributed by atoms with van der Waals surface area (Å²) in [5.74, 6) is -0.895. The van der Waals surface area contributed by atoms with Crippen molar-refractivity contribution in [2.45, 2.75) is 18.7 Å². The van der Waals surface area contributed by atoms with Crippen LogP contribution in [0.2, 0.25) is 5.15 Å². The Bertz CT molecular complexity index is 840. The number of hydrogen-bond acceptors (Lipinski definition) is 4. The van der Waals surface area contributed by atoms with E-state index in [1.54, 1.807) is 6.92 Å². The molecule has 0 fully saturated rings. The van der Waals surface area contributed by atoms with Gasteiger partial charge in [-0.25, -0.2) is 9.97 Å². The molecule has 1 aliphatic heterocycles. The number of ether oxygens (including phenoxy) is 1. The fourth-order valence-corrected chi connectivity index (χ4v) is 3.12. The second-order valence-electron chi connectivity index (χ2n) is 5.20. The number of amides is 1. The molecule has 0 N–H and O–H groups in total. The first-order valence-corrected chi connectivity index (χ1v) is 6.89. The zero-order valence-electron chi connectivity index (χ0n) is 12.3. The lowest BCUT2D eigenvalue weighted by Gasteiger charge is -2.28. The average Bonchev–Trinajstić information content (AvgIpc) is 2.65. The molecule has 1 aliphatic rings. The van der Waals surface area contributed by atoms with Crippen LogP contribution < -0.4 is 4.90 Å². The van der Waals surface area contributed by atoms with E-state index >= 15 is 0 Å². The zero-order valence-corrected chi connectivity index (χ0v) is 13.1. The van der Waals surface area contributed by atoms with Crippen LogP contribution >= 0.6 is 11.6 Å². The van der Waals surface area contributed by atoms with E-state index in [1.807, 2.05) is 0 Å². The van der Waals surface area contributed by atoms with E-state index in [0.717, 1.165) is 12.0 Å². The first-order valence-electron chi connectivity index (χ1n) is 6.52. The Morgan fingerprint density at radius 1 is 1.30 bits per heavy atom. The number of benzene rings is 1. The van der Waals surface area contributed by atoms with Gasteiger partial charge in [0.2, 0.25) is 0 Å². The molecule has 0 saturated carbocycles. The van der Waals surface area contributed by atoms with Crippen LogP contribution in [0.5, 0.6) is 0 Å². The van der Waals surface area contributed by atoms with Gasteiger partial charge in [0.1, 0.15) is 11.0 Å². The zero-order chi connectivity index (χ0) is 17.2. The third kappa shape index (κ3) is 1.94. The molecule has 0 bridgehead atoms. The number of anilines is 1. The number of aromatic nitrogens is 2. The SMILES string of the molecule is COC1(C(F)(F)F)C(=O)N(C)c2cc3c(Cl)nc(C)nc3cc21. The number of alkyl halides is 3. The van der Waals surface area contributed by atoms with Gasteiger partial charge in [-0.15, -0.1) is 0 Å². The quantitative estimate of drug-likeness (QED) is 0.746. The Labute approximate surface area is 134 Å². The number of nitrogens with zero attached hydrogens (tertiary/aromatic N) is 3. The number of likely N-dealkylation sites (N-methyl/N-ethyl adjacent to an activating group) is 1. The summed E-state index contributed by atoms with van der Waals surface area (Å²) in [4.78, 5) is 21.3. The molecular weight excluding hydrogens is 335 g/mol. The minimum Gasteiger partial charge on any atom is -0.356 e. The third-order valence-corrected chi connectivity index (χ3v) is 4.22. The number of rotatable bonds is 1. The number of halogens is 4. The van der Waals surface area contributed by atoms with E-state index < -0.39 is 17.7 Å². The highest BCUT2D eigenvalue weighted by Gasteiger charge is 2.67. The molecule has 1 atom stereocenters. The predicted octanol–water partition coefficient (Wildman–Crippen LogP) is 2.97. The number of hydrogen-bond donors (Lipinski definition) is 0. The molecule has 2 aromatic rings. The van der Waals surface area contributed by atoms with E-state index in [0.29, 0.717) is 11.2 Å². The Hall–Kier alpha value is -1.93. The van der Waals surface area contributed by atoms with E-state index in [-0.39, 0.29) is 21.9 Å². The smallest absolute Gasteiger partial charge is 0.356 e. The predicted molar refractivity (Wildman–Crippen MR) is 77.4 cm³/mol. The van der Waals surface area contributed by atoms with Gasteiger partial charge in [0.15, 0.2) is 0 Å². The van der Waals surface area contributed by atoms with Crippen molar-refractivity contribution in [1.82, 2.24) is 9.97 Å². The molecule has 0 spiro atoms. The van der Waals surface area contributed by atoms with Crippen molar-refractivity contribution in [3.05, 3.63) is 28.7 Å². The first kappa shape index (κ1) is 15.9. The summed E-state index contributed by atoms with van der Waals surface area (Å²) >= 11 is 6.03. The lowest BCUT2D eigenvalue weighted by Crippen LogP contribution is -2.51. The summed E-state index contributed by atoms with van der Waals surface area (Å²) in [5.41, 5.74) is -3.07. The molecule has 3 rings (SSSR count). The standard InChI is InChI=1S/C14H11ClF3N3O2/c1-6-19-9-5-8-10(4-7(9)11(15)20-6)21(2)12(22)13(8,23-3)14(16,17)18/h4-5H,1-3H3. The maximum absolute atomic E-state index is 13.6. The summed E-state index contributed by atoms with van der Waals surface area (Å²) in [5, 5.41) is 0.475. The minimum absolute atomic E-state index is 0.0658. The van der Waals surface area contributed by atoms with Gasteiger partial charge in [0, 0.05) is 25.1 Å². The summed E-state index contributed by atoms with van der Waals surface area (Å²) < 4.78 is 45.6. The number of aryl methyl sites for hydroxylation is 1. The van der Waals surface area contributed by atoms with Crippen LogP contribution in [0.4, 0.5) is 18.9 Å². The molecular formula is C14H11ClF3N3O2. The maximum atomic E-state index is 13.6. The van der Waals surface area contributed by atoms with Gasteiger partial charge in [-0.2, -0.15) is 13.2 Å². The van der Waals surface area contributed by atoms with E-state index in [9.17, 15) is 18.0 Å².